The Morgan fingerprint density at radius 2 is 0.855 bits per heavy atom. The third-order valence-electron chi connectivity index (χ3n) is 16.4. The van der Waals surface area contributed by atoms with E-state index in [0.717, 1.165) is 31.4 Å². The van der Waals surface area contributed by atoms with Gasteiger partial charge in [-0.25, -0.2) is 0 Å². The SMILES string of the molecule is CCCc1c(C)cccc1N(c1cc[c]([Ge]([CH3])([CH3])[CH3])cc1)c1ccc2c(-c3ccc4ccccc4c3)c3cc(N(c4cc[c]([Ge]([CH3])([CH3])[CH3])cc4)c4cccc5c4CCCC5)ccc3c(-c3ccc4ccccc4c3)c2c1. The second-order valence-corrected chi connectivity index (χ2v) is 44.8. The van der Waals surface area contributed by atoms with Gasteiger partial charge in [-0.2, -0.15) is 0 Å². The molecule has 1 aliphatic rings. The van der Waals surface area contributed by atoms with Crippen LogP contribution in [0.25, 0.3) is 65.3 Å². The summed E-state index contributed by atoms with van der Waals surface area (Å²) in [6, 6.07) is 79.8. The summed E-state index contributed by atoms with van der Waals surface area (Å²) in [5.41, 5.74) is 17.9. The van der Waals surface area contributed by atoms with Crippen LogP contribution < -0.4 is 18.6 Å². The molecule has 11 aromatic rings. The monoisotopic (exact) mass is 1110 g/mol. The summed E-state index contributed by atoms with van der Waals surface area (Å²) in [6.45, 7) is 4.59. The molecule has 0 aromatic heterocycles. The molecule has 11 aromatic carbocycles. The third-order valence-corrected chi connectivity index (χ3v) is 25.1. The zero-order valence-corrected chi connectivity index (χ0v) is 50.0. The van der Waals surface area contributed by atoms with Crippen LogP contribution in [0.15, 0.2) is 206 Å². The molecule has 0 unspecified atom stereocenters. The van der Waals surface area contributed by atoms with Gasteiger partial charge in [0.05, 0.1) is 0 Å². The van der Waals surface area contributed by atoms with E-state index >= 15 is 0 Å². The van der Waals surface area contributed by atoms with E-state index in [1.807, 2.05) is 0 Å². The number of aryl methyl sites for hydroxylation is 2. The quantitative estimate of drug-likeness (QED) is 0.0889. The molecule has 0 saturated heterocycles. The molecule has 4 heteroatoms. The number of benzene rings is 11. The van der Waals surface area contributed by atoms with E-state index in [-0.39, 0.29) is 0 Å². The van der Waals surface area contributed by atoms with E-state index in [1.165, 1.54) is 138 Å². The molecular formula is C72H70Ge2N2. The van der Waals surface area contributed by atoms with Crippen molar-refractivity contribution in [2.45, 2.75) is 86.9 Å². The predicted octanol–water partition coefficient (Wildman–Crippen LogP) is 19.8. The van der Waals surface area contributed by atoms with Crippen LogP contribution in [0.5, 0.6) is 0 Å². The molecule has 0 saturated carbocycles. The van der Waals surface area contributed by atoms with Gasteiger partial charge in [-0.3, -0.25) is 0 Å². The molecular weight excluding hydrogens is 1040 g/mol. The van der Waals surface area contributed by atoms with Crippen LogP contribution in [-0.2, 0) is 19.3 Å². The molecule has 0 spiro atoms. The van der Waals surface area contributed by atoms with Crippen LogP contribution in [0, 0.1) is 6.92 Å². The van der Waals surface area contributed by atoms with Gasteiger partial charge >= 0.3 is 401 Å². The average Bonchev–Trinajstić information content (AvgIpc) is 3.51. The Morgan fingerprint density at radius 1 is 0.395 bits per heavy atom. The normalized spacial score (nSPS) is 12.9. The van der Waals surface area contributed by atoms with E-state index in [4.69, 9.17) is 0 Å². The molecule has 0 bridgehead atoms. The molecule has 0 fully saturated rings. The fraction of sp³-hybridized carbons (Fsp3) is 0.194. The summed E-state index contributed by atoms with van der Waals surface area (Å²) in [7, 11) is 0. The van der Waals surface area contributed by atoms with Gasteiger partial charge in [0, 0.05) is 0 Å². The van der Waals surface area contributed by atoms with Crippen molar-refractivity contribution >= 4 is 113 Å². The number of fused-ring (bicyclic) bond motifs is 5. The second-order valence-electron chi connectivity index (χ2n) is 23.5. The van der Waals surface area contributed by atoms with Crippen molar-refractivity contribution in [2.75, 3.05) is 9.80 Å². The van der Waals surface area contributed by atoms with E-state index in [0.29, 0.717) is 0 Å². The minimum absolute atomic E-state index is 1.01. The maximum absolute atomic E-state index is 2.58. The van der Waals surface area contributed by atoms with Crippen molar-refractivity contribution < 1.29 is 0 Å². The van der Waals surface area contributed by atoms with Gasteiger partial charge < -0.3 is 0 Å². The van der Waals surface area contributed by atoms with E-state index in [9.17, 15) is 0 Å². The van der Waals surface area contributed by atoms with Gasteiger partial charge in [-0.05, 0) is 10.8 Å². The fourth-order valence-corrected chi connectivity index (χ4v) is 17.2. The molecule has 1 aliphatic carbocycles. The van der Waals surface area contributed by atoms with Gasteiger partial charge in [-0.1, -0.05) is 48.5 Å². The van der Waals surface area contributed by atoms with Crippen molar-refractivity contribution in [3.05, 3.63) is 229 Å². The molecule has 12 rings (SSSR count). The van der Waals surface area contributed by atoms with Crippen LogP contribution in [0.1, 0.15) is 48.4 Å². The topological polar surface area (TPSA) is 6.48 Å². The third kappa shape index (κ3) is 9.36. The Hall–Kier alpha value is -6.85. The van der Waals surface area contributed by atoms with Gasteiger partial charge in [0.25, 0.3) is 0 Å². The van der Waals surface area contributed by atoms with Gasteiger partial charge in [0.1, 0.15) is 0 Å². The summed E-state index contributed by atoms with van der Waals surface area (Å²) < 4.78 is 3.04. The van der Waals surface area contributed by atoms with Crippen molar-refractivity contribution in [3.8, 4) is 22.3 Å². The van der Waals surface area contributed by atoms with Crippen molar-refractivity contribution in [1.82, 2.24) is 0 Å². The summed E-state index contributed by atoms with van der Waals surface area (Å²) in [6.07, 6.45) is 6.76. The first kappa shape index (κ1) is 50.0. The van der Waals surface area contributed by atoms with Gasteiger partial charge in [0.2, 0.25) is 0 Å². The maximum atomic E-state index is 2.58. The number of hydrogen-bond acceptors (Lipinski definition) is 2. The first-order valence-corrected chi connectivity index (χ1v) is 42.5. The Bertz CT molecular complexity index is 3990. The van der Waals surface area contributed by atoms with Gasteiger partial charge in [-0.15, -0.1) is 0 Å². The molecule has 0 atom stereocenters. The summed E-state index contributed by atoms with van der Waals surface area (Å²) >= 11 is -4.21. The van der Waals surface area contributed by atoms with Crippen molar-refractivity contribution in [2.24, 2.45) is 0 Å². The Morgan fingerprint density at radius 3 is 1.37 bits per heavy atom. The Labute approximate surface area is 456 Å². The first-order valence-electron chi connectivity index (χ1n) is 27.8. The number of nitrogens with zero attached hydrogens (tertiary/aromatic N) is 2. The van der Waals surface area contributed by atoms with Crippen LogP contribution >= 0.6 is 0 Å². The first-order chi connectivity index (χ1) is 36.8. The van der Waals surface area contributed by atoms with Crippen LogP contribution in [0.4, 0.5) is 34.1 Å². The predicted molar refractivity (Wildman–Crippen MR) is 338 cm³/mol. The molecule has 76 heavy (non-hydrogen) atoms. The standard InChI is InChI=1S/C72H70Ge2N2/c1-9-18-63-49(2)19-16-27-69(63)75(59-37-33-57(34-38-59)73(3,4)5)61-41-43-65-67(47-61)71(55-31-29-50-20-10-12-23-53(50)45-55)66-44-42-62(48-68(66)72(65)56-32-30-51-21-11-13-24-54(51)46-56)76(60-39-35-58(36-40-60)74(6,7)8)70-28-17-25-52-22-14-15-26-64(52)70/h10-13,16-17,19-21,23-25,27-48H,9,14-15,18,22,26H2,1-8H3. The van der Waals surface area contributed by atoms with Crippen molar-refractivity contribution in [3.63, 3.8) is 0 Å². The minimum atomic E-state index is -2.11. The average molecular weight is 1110 g/mol. The molecule has 0 amide bonds. The Balaban J connectivity index is 1.19. The molecule has 2 nitrogen and oxygen atoms in total. The molecule has 0 heterocycles. The van der Waals surface area contributed by atoms with E-state index in [1.54, 1.807) is 0 Å². The molecule has 0 radical (unpaired) electrons. The van der Waals surface area contributed by atoms with Crippen LogP contribution in [-0.4, -0.2) is 26.5 Å². The second kappa shape index (κ2) is 20.3. The van der Waals surface area contributed by atoms with Crippen molar-refractivity contribution in [1.29, 1.82) is 0 Å². The summed E-state index contributed by atoms with van der Waals surface area (Å²) in [4.78, 5) is 5.13. The fourth-order valence-electron chi connectivity index (χ4n) is 12.3. The van der Waals surface area contributed by atoms with Crippen LogP contribution in [0.3, 0.4) is 0 Å². The van der Waals surface area contributed by atoms with E-state index < -0.39 is 26.5 Å². The number of anilines is 6. The van der Waals surface area contributed by atoms with Crippen LogP contribution in [0.2, 0.25) is 34.5 Å². The molecule has 0 N–H and O–H groups in total. The summed E-state index contributed by atoms with van der Waals surface area (Å²) in [5, 5.41) is 9.95. The van der Waals surface area contributed by atoms with E-state index in [2.05, 4.69) is 264 Å². The summed E-state index contributed by atoms with van der Waals surface area (Å²) in [5.74, 6) is 14.9. The Kier molecular flexibility index (Phi) is 13.3. The molecule has 376 valence electrons. The zero-order valence-electron chi connectivity index (χ0n) is 45.8. The van der Waals surface area contributed by atoms with Gasteiger partial charge in [0.15, 0.2) is 0 Å². The zero-order chi connectivity index (χ0) is 52.3. The number of hydrogen-bond donors (Lipinski definition) is 0. The number of rotatable bonds is 12. The molecule has 0 aliphatic heterocycles.